The first-order chi connectivity index (χ1) is 11.1. The lowest BCUT2D eigenvalue weighted by Gasteiger charge is -2.27. The van der Waals surface area contributed by atoms with Crippen LogP contribution in [0.15, 0.2) is 12.1 Å². The molecule has 0 aliphatic carbocycles. The SMILES string of the molecule is CCc1cc(C(=O)O)c2[nH]c(C)c(CCN3CCNCC3)c2c1. The summed E-state index contributed by atoms with van der Waals surface area (Å²) in [5, 5.41) is 14.0. The smallest absolute Gasteiger partial charge is 0.337 e. The zero-order valence-electron chi connectivity index (χ0n) is 13.9. The highest BCUT2D eigenvalue weighted by Crippen LogP contribution is 2.28. The number of carbonyl (C=O) groups is 1. The van der Waals surface area contributed by atoms with E-state index in [1.165, 1.54) is 5.56 Å². The van der Waals surface area contributed by atoms with Gasteiger partial charge >= 0.3 is 5.97 Å². The fourth-order valence-corrected chi connectivity index (χ4v) is 3.44. The zero-order chi connectivity index (χ0) is 16.4. The Hall–Kier alpha value is -1.85. The number of aromatic carboxylic acids is 1. The van der Waals surface area contributed by atoms with Crippen LogP contribution in [0.1, 0.15) is 34.1 Å². The lowest BCUT2D eigenvalue weighted by Crippen LogP contribution is -2.44. The van der Waals surface area contributed by atoms with Gasteiger partial charge in [-0.3, -0.25) is 0 Å². The number of H-pyrrole nitrogens is 1. The van der Waals surface area contributed by atoms with E-state index in [2.05, 4.69) is 28.2 Å². The molecule has 5 nitrogen and oxygen atoms in total. The number of benzene rings is 1. The topological polar surface area (TPSA) is 68.4 Å². The number of aromatic amines is 1. The van der Waals surface area contributed by atoms with Crippen molar-refractivity contribution in [1.29, 1.82) is 0 Å². The number of carboxylic acid groups (broad SMARTS) is 1. The van der Waals surface area contributed by atoms with Crippen LogP contribution in [-0.4, -0.2) is 53.7 Å². The summed E-state index contributed by atoms with van der Waals surface area (Å²) in [6.45, 7) is 9.40. The van der Waals surface area contributed by atoms with E-state index >= 15 is 0 Å². The number of aromatic nitrogens is 1. The van der Waals surface area contributed by atoms with E-state index in [9.17, 15) is 9.90 Å². The van der Waals surface area contributed by atoms with Gasteiger partial charge in [-0.15, -0.1) is 0 Å². The number of carboxylic acids is 1. The second-order valence-electron chi connectivity index (χ2n) is 6.29. The summed E-state index contributed by atoms with van der Waals surface area (Å²) < 4.78 is 0. The third-order valence-corrected chi connectivity index (χ3v) is 4.81. The van der Waals surface area contributed by atoms with Crippen molar-refractivity contribution in [2.45, 2.75) is 26.7 Å². The lowest BCUT2D eigenvalue weighted by atomic mass is 10.0. The molecule has 1 aliphatic rings. The molecule has 2 aromatic rings. The minimum Gasteiger partial charge on any atom is -0.478 e. The molecule has 2 heterocycles. The number of rotatable bonds is 5. The standard InChI is InChI=1S/C18H25N3O2/c1-3-13-10-15-14(4-7-21-8-5-19-6-9-21)12(2)20-17(15)16(11-13)18(22)23/h10-11,19-20H,3-9H2,1-2H3,(H,22,23). The summed E-state index contributed by atoms with van der Waals surface area (Å²) in [6.07, 6.45) is 1.80. The molecule has 23 heavy (non-hydrogen) atoms. The number of nitrogens with zero attached hydrogens (tertiary/aromatic N) is 1. The molecular weight excluding hydrogens is 290 g/mol. The van der Waals surface area contributed by atoms with Gasteiger partial charge in [0.05, 0.1) is 11.1 Å². The summed E-state index contributed by atoms with van der Waals surface area (Å²) in [7, 11) is 0. The predicted octanol–water partition coefficient (Wildman–Crippen LogP) is 2.18. The molecule has 124 valence electrons. The van der Waals surface area contributed by atoms with Crippen LogP contribution >= 0.6 is 0 Å². The number of nitrogens with one attached hydrogen (secondary N) is 2. The second-order valence-corrected chi connectivity index (χ2v) is 6.29. The van der Waals surface area contributed by atoms with Crippen molar-refractivity contribution in [3.63, 3.8) is 0 Å². The van der Waals surface area contributed by atoms with Crippen molar-refractivity contribution in [1.82, 2.24) is 15.2 Å². The minimum absolute atomic E-state index is 0.385. The Morgan fingerprint density at radius 3 is 2.70 bits per heavy atom. The van der Waals surface area contributed by atoms with Gasteiger partial charge in [-0.2, -0.15) is 0 Å². The van der Waals surface area contributed by atoms with Gasteiger partial charge in [-0.05, 0) is 43.0 Å². The molecule has 3 N–H and O–H groups in total. The van der Waals surface area contributed by atoms with Crippen LogP contribution in [0.2, 0.25) is 0 Å². The molecule has 0 unspecified atom stereocenters. The van der Waals surface area contributed by atoms with Gasteiger partial charge in [0.1, 0.15) is 0 Å². The number of aryl methyl sites for hydroxylation is 2. The van der Waals surface area contributed by atoms with Crippen molar-refractivity contribution in [2.75, 3.05) is 32.7 Å². The largest absolute Gasteiger partial charge is 0.478 e. The van der Waals surface area contributed by atoms with E-state index in [0.717, 1.165) is 67.7 Å². The highest BCUT2D eigenvalue weighted by atomic mass is 16.4. The first-order valence-corrected chi connectivity index (χ1v) is 8.40. The Balaban J connectivity index is 1.94. The Labute approximate surface area is 136 Å². The van der Waals surface area contributed by atoms with Gasteiger partial charge in [-0.25, -0.2) is 4.79 Å². The molecule has 0 radical (unpaired) electrons. The van der Waals surface area contributed by atoms with Gasteiger partial charge in [0.25, 0.3) is 0 Å². The summed E-state index contributed by atoms with van der Waals surface area (Å²) in [5.74, 6) is -0.861. The van der Waals surface area contributed by atoms with Gasteiger partial charge in [-0.1, -0.05) is 6.92 Å². The molecule has 1 fully saturated rings. The molecule has 0 bridgehead atoms. The maximum atomic E-state index is 11.6. The third kappa shape index (κ3) is 3.26. The van der Waals surface area contributed by atoms with Gasteiger partial charge in [0, 0.05) is 43.8 Å². The second kappa shape index (κ2) is 6.72. The van der Waals surface area contributed by atoms with Gasteiger partial charge in [0.2, 0.25) is 0 Å². The van der Waals surface area contributed by atoms with Crippen LogP contribution in [-0.2, 0) is 12.8 Å². The lowest BCUT2D eigenvalue weighted by molar-refractivity contribution is 0.0698. The van der Waals surface area contributed by atoms with E-state index in [1.54, 1.807) is 6.07 Å². The highest BCUT2D eigenvalue weighted by Gasteiger charge is 2.18. The first kappa shape index (κ1) is 16.0. The summed E-state index contributed by atoms with van der Waals surface area (Å²) in [5.41, 5.74) is 4.58. The minimum atomic E-state index is -0.861. The van der Waals surface area contributed by atoms with Crippen LogP contribution < -0.4 is 5.32 Å². The summed E-state index contributed by atoms with van der Waals surface area (Å²) in [4.78, 5) is 17.3. The Bertz CT molecular complexity index is 715. The third-order valence-electron chi connectivity index (χ3n) is 4.81. The number of hydrogen-bond donors (Lipinski definition) is 3. The van der Waals surface area contributed by atoms with Crippen LogP contribution in [0.25, 0.3) is 10.9 Å². The quantitative estimate of drug-likeness (QED) is 0.791. The fourth-order valence-electron chi connectivity index (χ4n) is 3.44. The monoisotopic (exact) mass is 315 g/mol. The molecule has 1 saturated heterocycles. The van der Waals surface area contributed by atoms with E-state index in [-0.39, 0.29) is 0 Å². The maximum Gasteiger partial charge on any atom is 0.337 e. The molecule has 3 rings (SSSR count). The van der Waals surface area contributed by atoms with Crippen molar-refractivity contribution in [3.05, 3.63) is 34.5 Å². The number of hydrogen-bond acceptors (Lipinski definition) is 3. The average molecular weight is 315 g/mol. The van der Waals surface area contributed by atoms with Crippen molar-refractivity contribution in [3.8, 4) is 0 Å². The van der Waals surface area contributed by atoms with E-state index in [1.807, 2.05) is 6.92 Å². The van der Waals surface area contributed by atoms with E-state index < -0.39 is 5.97 Å². The van der Waals surface area contributed by atoms with Gasteiger partial charge < -0.3 is 20.3 Å². The molecule has 0 atom stereocenters. The predicted molar refractivity (Wildman–Crippen MR) is 92.4 cm³/mol. The molecule has 1 aromatic heterocycles. The summed E-state index contributed by atoms with van der Waals surface area (Å²) in [6, 6.07) is 3.94. The average Bonchev–Trinajstić information content (AvgIpc) is 2.88. The first-order valence-electron chi connectivity index (χ1n) is 8.40. The summed E-state index contributed by atoms with van der Waals surface area (Å²) >= 11 is 0. The Morgan fingerprint density at radius 1 is 1.30 bits per heavy atom. The molecular formula is C18H25N3O2. The van der Waals surface area contributed by atoms with Crippen molar-refractivity contribution in [2.24, 2.45) is 0 Å². The molecule has 1 aliphatic heterocycles. The van der Waals surface area contributed by atoms with E-state index in [0.29, 0.717) is 5.56 Å². The Morgan fingerprint density at radius 2 is 2.04 bits per heavy atom. The zero-order valence-corrected chi connectivity index (χ0v) is 13.9. The fraction of sp³-hybridized carbons (Fsp3) is 0.500. The molecule has 0 spiro atoms. The van der Waals surface area contributed by atoms with Crippen LogP contribution in [0.5, 0.6) is 0 Å². The van der Waals surface area contributed by atoms with Crippen molar-refractivity contribution >= 4 is 16.9 Å². The van der Waals surface area contributed by atoms with E-state index in [4.69, 9.17) is 0 Å². The normalized spacial score (nSPS) is 16.1. The molecule has 0 saturated carbocycles. The number of piperazine rings is 1. The highest BCUT2D eigenvalue weighted by molar-refractivity contribution is 6.03. The molecule has 5 heteroatoms. The molecule has 1 aromatic carbocycles. The van der Waals surface area contributed by atoms with Crippen LogP contribution in [0.4, 0.5) is 0 Å². The van der Waals surface area contributed by atoms with Crippen molar-refractivity contribution < 1.29 is 9.90 Å². The van der Waals surface area contributed by atoms with Gasteiger partial charge in [0.15, 0.2) is 0 Å². The Kier molecular flexibility index (Phi) is 4.68. The van der Waals surface area contributed by atoms with Crippen LogP contribution in [0.3, 0.4) is 0 Å². The van der Waals surface area contributed by atoms with Crippen LogP contribution in [0, 0.1) is 6.92 Å². The maximum absolute atomic E-state index is 11.6. The molecule has 0 amide bonds. The number of fused-ring (bicyclic) bond motifs is 1.